The number of hydrogen-bond acceptors (Lipinski definition) is 6. The fraction of sp³-hybridized carbons (Fsp3) is 0.267. The predicted octanol–water partition coefficient (Wildman–Crippen LogP) is 4.65. The fourth-order valence-corrected chi connectivity index (χ4v) is 7.18. The van der Waals surface area contributed by atoms with E-state index >= 15 is 0 Å². The molecule has 1 amide bonds. The Bertz CT molecular complexity index is 1600. The first-order valence-corrected chi connectivity index (χ1v) is 14.4. The molecular formula is C30H28N6O2S. The number of aryl methyl sites for hydroxylation is 1. The van der Waals surface area contributed by atoms with Gasteiger partial charge in [0.25, 0.3) is 10.9 Å². The molecule has 1 unspecified atom stereocenters. The molecule has 0 N–H and O–H groups in total. The number of carbonyl (C=O) groups excluding carboxylic acids is 1. The molecule has 1 fully saturated rings. The number of rotatable bonds is 5. The second-order valence-corrected chi connectivity index (χ2v) is 11.7. The lowest BCUT2D eigenvalue weighted by molar-refractivity contribution is 0.0861. The molecule has 3 atom stereocenters. The molecule has 1 saturated carbocycles. The van der Waals surface area contributed by atoms with Gasteiger partial charge < -0.3 is 4.55 Å². The summed E-state index contributed by atoms with van der Waals surface area (Å²) in [6, 6.07) is 23.8. The molecule has 2 aromatic carbocycles. The third kappa shape index (κ3) is 3.95. The van der Waals surface area contributed by atoms with Gasteiger partial charge in [-0.05, 0) is 56.0 Å². The van der Waals surface area contributed by atoms with E-state index in [0.717, 1.165) is 41.8 Å². The van der Waals surface area contributed by atoms with Crippen LogP contribution in [0.1, 0.15) is 40.9 Å². The van der Waals surface area contributed by atoms with Gasteiger partial charge in [0.2, 0.25) is 5.96 Å². The highest BCUT2D eigenvalue weighted by atomic mass is 32.2. The van der Waals surface area contributed by atoms with Crippen LogP contribution >= 0.6 is 0 Å². The quantitative estimate of drug-likeness (QED) is 0.347. The standard InChI is InChI=1S/C30H28N6O2S/c1-19-8-6-11-23(31-19)21-16-14-20(15-17-21)18-35-29(39(38)22-9-4-3-5-10-22)26-27(33-35)36-25-13-7-12-24(25)32-30(36)34(2)28(26)37/h3-6,8-11,14-17,24-25H,7,12-13,18H2,1-2H3/t24-,25+,39?/m1/s1. The van der Waals surface area contributed by atoms with Crippen LogP contribution in [0.25, 0.3) is 11.3 Å². The van der Waals surface area contributed by atoms with E-state index in [1.807, 2.05) is 79.7 Å². The van der Waals surface area contributed by atoms with Gasteiger partial charge >= 0.3 is 0 Å². The van der Waals surface area contributed by atoms with Crippen molar-refractivity contribution in [2.45, 2.75) is 54.7 Å². The van der Waals surface area contributed by atoms with Crippen molar-refractivity contribution in [2.24, 2.45) is 4.99 Å². The number of pyridine rings is 1. The van der Waals surface area contributed by atoms with Gasteiger partial charge in [0.15, 0.2) is 16.3 Å². The van der Waals surface area contributed by atoms with E-state index in [-0.39, 0.29) is 18.0 Å². The molecular weight excluding hydrogens is 508 g/mol. The van der Waals surface area contributed by atoms with Crippen molar-refractivity contribution >= 4 is 28.9 Å². The van der Waals surface area contributed by atoms with Crippen LogP contribution in [0.3, 0.4) is 0 Å². The van der Waals surface area contributed by atoms with Crippen molar-refractivity contribution in [3.8, 4) is 11.3 Å². The molecule has 0 saturated heterocycles. The second-order valence-electron chi connectivity index (χ2n) is 10.3. The van der Waals surface area contributed by atoms with Crippen LogP contribution in [0.5, 0.6) is 0 Å². The smallest absolute Gasteiger partial charge is 0.271 e. The Morgan fingerprint density at radius 1 is 1.00 bits per heavy atom. The molecule has 7 rings (SSSR count). The lowest BCUT2D eigenvalue weighted by atomic mass is 10.1. The molecule has 4 heterocycles. The van der Waals surface area contributed by atoms with E-state index in [0.29, 0.717) is 33.8 Å². The third-order valence-corrected chi connectivity index (χ3v) is 9.28. The highest BCUT2D eigenvalue weighted by Gasteiger charge is 2.51. The van der Waals surface area contributed by atoms with Crippen LogP contribution in [-0.2, 0) is 17.7 Å². The van der Waals surface area contributed by atoms with E-state index in [2.05, 4.69) is 9.88 Å². The first-order valence-electron chi connectivity index (χ1n) is 13.3. The molecule has 4 aromatic rings. The number of guanidine groups is 1. The van der Waals surface area contributed by atoms with E-state index in [1.54, 1.807) is 16.6 Å². The summed E-state index contributed by atoms with van der Waals surface area (Å²) in [5, 5.41) is 5.41. The van der Waals surface area contributed by atoms with Gasteiger partial charge in [-0.1, -0.05) is 48.5 Å². The minimum Gasteiger partial charge on any atom is -0.605 e. The van der Waals surface area contributed by atoms with Gasteiger partial charge in [0, 0.05) is 29.5 Å². The van der Waals surface area contributed by atoms with E-state index in [1.165, 1.54) is 0 Å². The number of anilines is 1. The monoisotopic (exact) mass is 536 g/mol. The average molecular weight is 537 g/mol. The second kappa shape index (κ2) is 9.36. The molecule has 0 bridgehead atoms. The SMILES string of the molecule is Cc1cccc(-c2ccc(Cn3nc4c(c3[S+]([O-])c3ccccc3)C(=O)N(C)C3=N[C@@H]5CCC[C@@H]5N34)cc2)n1. The molecule has 0 radical (unpaired) electrons. The molecule has 3 aliphatic rings. The zero-order valence-electron chi connectivity index (χ0n) is 21.8. The average Bonchev–Trinajstić information content (AvgIpc) is 3.66. The Balaban J connectivity index is 1.32. The first kappa shape index (κ1) is 24.1. The summed E-state index contributed by atoms with van der Waals surface area (Å²) in [5.41, 5.74) is 4.31. The van der Waals surface area contributed by atoms with Crippen molar-refractivity contribution in [3.05, 3.63) is 89.6 Å². The minimum atomic E-state index is -1.60. The number of carbonyl (C=O) groups is 1. The van der Waals surface area contributed by atoms with Crippen LogP contribution in [-0.4, -0.2) is 55.2 Å². The van der Waals surface area contributed by atoms with Gasteiger partial charge in [-0.25, -0.2) is 9.67 Å². The van der Waals surface area contributed by atoms with Crippen LogP contribution < -0.4 is 4.90 Å². The van der Waals surface area contributed by atoms with Gasteiger partial charge in [-0.15, -0.1) is 5.10 Å². The number of hydrogen-bond donors (Lipinski definition) is 0. The molecule has 9 heteroatoms. The molecule has 1 aliphatic carbocycles. The summed E-state index contributed by atoms with van der Waals surface area (Å²) in [6.07, 6.45) is 3.10. The highest BCUT2D eigenvalue weighted by Crippen LogP contribution is 2.43. The van der Waals surface area contributed by atoms with E-state index < -0.39 is 11.2 Å². The Morgan fingerprint density at radius 3 is 2.56 bits per heavy atom. The Kier molecular flexibility index (Phi) is 5.79. The van der Waals surface area contributed by atoms with Crippen LogP contribution in [0.15, 0.2) is 87.7 Å². The summed E-state index contributed by atoms with van der Waals surface area (Å²) in [4.78, 5) is 27.6. The Morgan fingerprint density at radius 2 is 1.79 bits per heavy atom. The topological polar surface area (TPSA) is 89.7 Å². The molecule has 0 spiro atoms. The lowest BCUT2D eigenvalue weighted by Gasteiger charge is -2.33. The van der Waals surface area contributed by atoms with Crippen molar-refractivity contribution in [1.82, 2.24) is 19.7 Å². The van der Waals surface area contributed by atoms with Crippen molar-refractivity contribution in [2.75, 3.05) is 11.9 Å². The van der Waals surface area contributed by atoms with Gasteiger partial charge in [-0.2, -0.15) is 0 Å². The number of fused-ring (bicyclic) bond motifs is 5. The number of aliphatic imine (C=N–C) groups is 1. The van der Waals surface area contributed by atoms with Gasteiger partial charge in [0.1, 0.15) is 0 Å². The zero-order chi connectivity index (χ0) is 26.7. The number of nitrogens with zero attached hydrogens (tertiary/aromatic N) is 6. The Hall–Kier alpha value is -3.95. The molecule has 2 aromatic heterocycles. The van der Waals surface area contributed by atoms with E-state index in [9.17, 15) is 9.35 Å². The minimum absolute atomic E-state index is 0.164. The van der Waals surface area contributed by atoms with Crippen molar-refractivity contribution < 1.29 is 9.35 Å². The fourth-order valence-electron chi connectivity index (χ4n) is 5.89. The lowest BCUT2D eigenvalue weighted by Crippen LogP contribution is -2.51. The summed E-state index contributed by atoms with van der Waals surface area (Å²) < 4.78 is 15.8. The number of benzene rings is 2. The molecule has 39 heavy (non-hydrogen) atoms. The number of amides is 1. The predicted molar refractivity (Wildman–Crippen MR) is 150 cm³/mol. The summed E-state index contributed by atoms with van der Waals surface area (Å²) in [6.45, 7) is 2.36. The van der Waals surface area contributed by atoms with Gasteiger partial charge in [-0.3, -0.25) is 19.6 Å². The maximum Gasteiger partial charge on any atom is 0.271 e. The molecule has 196 valence electrons. The normalized spacial score (nSPS) is 20.5. The number of aromatic nitrogens is 3. The van der Waals surface area contributed by atoms with Crippen molar-refractivity contribution in [3.63, 3.8) is 0 Å². The Labute approximate surface area is 230 Å². The molecule has 8 nitrogen and oxygen atoms in total. The van der Waals surface area contributed by atoms with E-state index in [4.69, 9.17) is 10.1 Å². The van der Waals surface area contributed by atoms with Gasteiger partial charge in [0.05, 0.1) is 24.3 Å². The van der Waals surface area contributed by atoms with Crippen LogP contribution in [0, 0.1) is 6.92 Å². The summed E-state index contributed by atoms with van der Waals surface area (Å²) in [7, 11) is 1.75. The zero-order valence-corrected chi connectivity index (χ0v) is 22.6. The van der Waals surface area contributed by atoms with Crippen LogP contribution in [0.4, 0.5) is 5.82 Å². The maximum absolute atomic E-state index is 14.1. The first-order chi connectivity index (χ1) is 19.0. The third-order valence-electron chi connectivity index (χ3n) is 7.81. The highest BCUT2D eigenvalue weighted by molar-refractivity contribution is 7.91. The molecule has 2 aliphatic heterocycles. The van der Waals surface area contributed by atoms with Crippen LogP contribution in [0.2, 0.25) is 0 Å². The van der Waals surface area contributed by atoms with Crippen molar-refractivity contribution in [1.29, 1.82) is 0 Å². The summed E-state index contributed by atoms with van der Waals surface area (Å²) in [5.74, 6) is 1.01. The maximum atomic E-state index is 14.1. The largest absolute Gasteiger partial charge is 0.605 e. The summed E-state index contributed by atoms with van der Waals surface area (Å²) >= 11 is -1.60.